The van der Waals surface area contributed by atoms with E-state index >= 15 is 0 Å². The fourth-order valence-electron chi connectivity index (χ4n) is 1.43. The molecule has 0 atom stereocenters. The predicted molar refractivity (Wildman–Crippen MR) is 57.1 cm³/mol. The van der Waals surface area contributed by atoms with Crippen LogP contribution in [0.5, 0.6) is 0 Å². The molecular weight excluding hydrogens is 268 g/mol. The third-order valence-electron chi connectivity index (χ3n) is 2.11. The van der Waals surface area contributed by atoms with E-state index in [0.717, 1.165) is 12.1 Å². The van der Waals surface area contributed by atoms with Gasteiger partial charge in [-0.05, 0) is 11.6 Å². The number of aromatic nitrogens is 1. The summed E-state index contributed by atoms with van der Waals surface area (Å²) in [5.74, 6) is -1.89. The second-order valence-electron chi connectivity index (χ2n) is 3.10. The van der Waals surface area contributed by atoms with Gasteiger partial charge in [0, 0.05) is 22.8 Å². The van der Waals surface area contributed by atoms with Crippen LogP contribution >= 0.6 is 15.9 Å². The SMILES string of the molecule is O=c1cc(CBr)c2cc(F)c(F)cc2[nH]1. The maximum Gasteiger partial charge on any atom is 0.248 e. The molecule has 0 bridgehead atoms. The molecule has 1 heterocycles. The molecule has 0 unspecified atom stereocenters. The van der Waals surface area contributed by atoms with E-state index in [1.54, 1.807) is 0 Å². The van der Waals surface area contributed by atoms with E-state index in [1.165, 1.54) is 6.07 Å². The van der Waals surface area contributed by atoms with Gasteiger partial charge in [0.15, 0.2) is 11.6 Å². The molecule has 0 saturated carbocycles. The highest BCUT2D eigenvalue weighted by Crippen LogP contribution is 2.20. The van der Waals surface area contributed by atoms with Crippen molar-refractivity contribution in [1.29, 1.82) is 0 Å². The molecule has 0 amide bonds. The Kier molecular flexibility index (Phi) is 2.56. The van der Waals surface area contributed by atoms with Crippen LogP contribution in [0.25, 0.3) is 10.9 Å². The average Bonchev–Trinajstić information content (AvgIpc) is 2.19. The Hall–Kier alpha value is -1.23. The van der Waals surface area contributed by atoms with E-state index < -0.39 is 11.6 Å². The lowest BCUT2D eigenvalue weighted by Crippen LogP contribution is -2.06. The first kappa shape index (κ1) is 10.3. The molecule has 15 heavy (non-hydrogen) atoms. The van der Waals surface area contributed by atoms with Crippen molar-refractivity contribution in [3.63, 3.8) is 0 Å². The largest absolute Gasteiger partial charge is 0.322 e. The molecule has 2 nitrogen and oxygen atoms in total. The Morgan fingerprint density at radius 1 is 1.20 bits per heavy atom. The summed E-state index contributed by atoms with van der Waals surface area (Å²) >= 11 is 3.19. The minimum absolute atomic E-state index is 0.302. The van der Waals surface area contributed by atoms with Crippen LogP contribution in [0.2, 0.25) is 0 Å². The lowest BCUT2D eigenvalue weighted by atomic mass is 10.1. The van der Waals surface area contributed by atoms with Gasteiger partial charge < -0.3 is 4.98 Å². The number of nitrogens with one attached hydrogen (secondary N) is 1. The number of halogens is 3. The molecular formula is C10H6BrF2NO. The Morgan fingerprint density at radius 2 is 1.87 bits per heavy atom. The number of fused-ring (bicyclic) bond motifs is 1. The molecule has 0 fully saturated rings. The maximum absolute atomic E-state index is 13.0. The molecule has 2 rings (SSSR count). The smallest absolute Gasteiger partial charge is 0.248 e. The molecule has 0 aliphatic carbocycles. The number of H-pyrrole nitrogens is 1. The van der Waals surface area contributed by atoms with Crippen molar-refractivity contribution >= 4 is 26.8 Å². The Morgan fingerprint density at radius 3 is 2.53 bits per heavy atom. The first-order valence-electron chi connectivity index (χ1n) is 4.18. The van der Waals surface area contributed by atoms with Crippen LogP contribution in [0.4, 0.5) is 8.78 Å². The third kappa shape index (κ3) is 1.79. The van der Waals surface area contributed by atoms with Crippen LogP contribution in [0.15, 0.2) is 23.0 Å². The van der Waals surface area contributed by atoms with Gasteiger partial charge in [0.2, 0.25) is 5.56 Å². The molecule has 1 aromatic heterocycles. The third-order valence-corrected chi connectivity index (χ3v) is 2.72. The summed E-state index contributed by atoms with van der Waals surface area (Å²) < 4.78 is 25.9. The normalized spacial score (nSPS) is 10.9. The number of rotatable bonds is 1. The Balaban J connectivity index is 2.90. The van der Waals surface area contributed by atoms with Crippen molar-refractivity contribution in [3.8, 4) is 0 Å². The van der Waals surface area contributed by atoms with Crippen molar-refractivity contribution in [1.82, 2.24) is 4.98 Å². The topological polar surface area (TPSA) is 32.9 Å². The first-order valence-corrected chi connectivity index (χ1v) is 5.31. The van der Waals surface area contributed by atoms with Crippen LogP contribution in [0, 0.1) is 11.6 Å². The molecule has 0 aliphatic rings. The van der Waals surface area contributed by atoms with Gasteiger partial charge >= 0.3 is 0 Å². The maximum atomic E-state index is 13.0. The summed E-state index contributed by atoms with van der Waals surface area (Å²) in [7, 11) is 0. The zero-order valence-corrected chi connectivity index (χ0v) is 9.07. The zero-order valence-electron chi connectivity index (χ0n) is 7.48. The van der Waals surface area contributed by atoms with Crippen molar-refractivity contribution in [2.45, 2.75) is 5.33 Å². The van der Waals surface area contributed by atoms with Crippen LogP contribution in [-0.2, 0) is 5.33 Å². The molecule has 5 heteroatoms. The van der Waals surface area contributed by atoms with Gasteiger partial charge in [-0.15, -0.1) is 0 Å². The average molecular weight is 274 g/mol. The highest BCUT2D eigenvalue weighted by Gasteiger charge is 2.08. The van der Waals surface area contributed by atoms with E-state index in [1.807, 2.05) is 0 Å². The van der Waals surface area contributed by atoms with Crippen molar-refractivity contribution in [3.05, 3.63) is 45.8 Å². The summed E-state index contributed by atoms with van der Waals surface area (Å²) in [5, 5.41) is 0.920. The van der Waals surface area contributed by atoms with Crippen molar-refractivity contribution in [2.24, 2.45) is 0 Å². The number of hydrogen-bond donors (Lipinski definition) is 1. The molecule has 0 radical (unpaired) electrons. The molecule has 1 N–H and O–H groups in total. The highest BCUT2D eigenvalue weighted by atomic mass is 79.9. The molecule has 0 saturated heterocycles. The van der Waals surface area contributed by atoms with Crippen LogP contribution in [-0.4, -0.2) is 4.98 Å². The van der Waals surface area contributed by atoms with Crippen LogP contribution < -0.4 is 5.56 Å². The number of aromatic amines is 1. The second-order valence-corrected chi connectivity index (χ2v) is 3.67. The quantitative estimate of drug-likeness (QED) is 0.797. The van der Waals surface area contributed by atoms with Crippen LogP contribution in [0.1, 0.15) is 5.56 Å². The number of hydrogen-bond acceptors (Lipinski definition) is 1. The highest BCUT2D eigenvalue weighted by molar-refractivity contribution is 9.08. The van der Waals surface area contributed by atoms with Gasteiger partial charge in [0.05, 0.1) is 5.52 Å². The lowest BCUT2D eigenvalue weighted by molar-refractivity contribution is 0.510. The molecule has 0 aliphatic heterocycles. The van der Waals surface area contributed by atoms with Crippen LogP contribution in [0.3, 0.4) is 0 Å². The summed E-state index contributed by atoms with van der Waals surface area (Å²) in [6, 6.07) is 3.42. The number of benzene rings is 1. The summed E-state index contributed by atoms with van der Waals surface area (Å²) in [6.07, 6.45) is 0. The lowest BCUT2D eigenvalue weighted by Gasteiger charge is -2.03. The standard InChI is InChI=1S/C10H6BrF2NO/c11-4-5-1-10(15)14-9-3-8(13)7(12)2-6(5)9/h1-3H,4H2,(H,14,15). The van der Waals surface area contributed by atoms with Crippen molar-refractivity contribution < 1.29 is 8.78 Å². The number of alkyl halides is 1. The summed E-state index contributed by atoms with van der Waals surface area (Å²) in [4.78, 5) is 13.6. The van der Waals surface area contributed by atoms with Gasteiger partial charge in [-0.3, -0.25) is 4.79 Å². The first-order chi connectivity index (χ1) is 7.11. The van der Waals surface area contributed by atoms with E-state index in [9.17, 15) is 13.6 Å². The Labute approximate surface area is 92.1 Å². The second kappa shape index (κ2) is 3.73. The van der Waals surface area contributed by atoms with Crippen molar-refractivity contribution in [2.75, 3.05) is 0 Å². The minimum Gasteiger partial charge on any atom is -0.322 e. The minimum atomic E-state index is -0.968. The van der Waals surface area contributed by atoms with E-state index in [0.29, 0.717) is 21.8 Å². The van der Waals surface area contributed by atoms with Gasteiger partial charge in [0.25, 0.3) is 0 Å². The monoisotopic (exact) mass is 273 g/mol. The fourth-order valence-corrected chi connectivity index (χ4v) is 1.90. The molecule has 78 valence electrons. The van der Waals surface area contributed by atoms with E-state index in [2.05, 4.69) is 20.9 Å². The molecule has 2 aromatic rings. The van der Waals surface area contributed by atoms with Gasteiger partial charge in [-0.2, -0.15) is 0 Å². The van der Waals surface area contributed by atoms with E-state index in [-0.39, 0.29) is 5.56 Å². The van der Waals surface area contributed by atoms with Gasteiger partial charge in [-0.1, -0.05) is 15.9 Å². The number of pyridine rings is 1. The predicted octanol–water partition coefficient (Wildman–Crippen LogP) is 2.70. The Bertz CT molecular complexity index is 579. The van der Waals surface area contributed by atoms with E-state index in [4.69, 9.17) is 0 Å². The summed E-state index contributed by atoms with van der Waals surface area (Å²) in [6.45, 7) is 0. The zero-order chi connectivity index (χ0) is 11.0. The molecule has 1 aromatic carbocycles. The fraction of sp³-hybridized carbons (Fsp3) is 0.100. The van der Waals surface area contributed by atoms with Gasteiger partial charge in [-0.25, -0.2) is 8.78 Å². The summed E-state index contributed by atoms with van der Waals surface area (Å²) in [5.41, 5.74) is 0.603. The van der Waals surface area contributed by atoms with Gasteiger partial charge in [0.1, 0.15) is 0 Å². The molecule has 0 spiro atoms.